The van der Waals surface area contributed by atoms with Crippen molar-refractivity contribution < 1.29 is 0 Å². The molecule has 1 saturated heterocycles. The maximum atomic E-state index is 6.25. The van der Waals surface area contributed by atoms with Gasteiger partial charge in [0.05, 0.1) is 0 Å². The summed E-state index contributed by atoms with van der Waals surface area (Å²) < 4.78 is 0. The van der Waals surface area contributed by atoms with Crippen molar-refractivity contribution in [3.05, 3.63) is 34.3 Å². The lowest BCUT2D eigenvalue weighted by Crippen LogP contribution is -2.38. The van der Waals surface area contributed by atoms with Gasteiger partial charge in [0.15, 0.2) is 0 Å². The standard InChI is InChI=1S/C15H21ClN2/c16-15-3-1-2-13-11-18(9-6-14(13)15)10-12-4-7-17-8-5-12/h1-3,12,17H,4-11H2. The third kappa shape index (κ3) is 2.71. The number of piperidine rings is 1. The Bertz CT molecular complexity index is 413. The van der Waals surface area contributed by atoms with E-state index in [9.17, 15) is 0 Å². The van der Waals surface area contributed by atoms with E-state index in [2.05, 4.69) is 22.3 Å². The highest BCUT2D eigenvalue weighted by atomic mass is 35.5. The molecule has 0 aromatic heterocycles. The lowest BCUT2D eigenvalue weighted by Gasteiger charge is -2.33. The molecule has 0 spiro atoms. The minimum absolute atomic E-state index is 0.881. The molecule has 1 aromatic rings. The maximum absolute atomic E-state index is 6.25. The van der Waals surface area contributed by atoms with E-state index >= 15 is 0 Å². The van der Waals surface area contributed by atoms with Crippen LogP contribution in [-0.2, 0) is 13.0 Å². The summed E-state index contributed by atoms with van der Waals surface area (Å²) in [6.07, 6.45) is 3.78. The maximum Gasteiger partial charge on any atom is 0.0441 e. The first-order valence-corrected chi connectivity index (χ1v) is 7.40. The van der Waals surface area contributed by atoms with Crippen molar-refractivity contribution in [1.82, 2.24) is 10.2 Å². The summed E-state index contributed by atoms with van der Waals surface area (Å²) in [4.78, 5) is 2.61. The van der Waals surface area contributed by atoms with Gasteiger partial charge in [0.1, 0.15) is 0 Å². The molecule has 18 heavy (non-hydrogen) atoms. The van der Waals surface area contributed by atoms with Crippen LogP contribution in [-0.4, -0.2) is 31.1 Å². The summed E-state index contributed by atoms with van der Waals surface area (Å²) in [5.41, 5.74) is 2.81. The average molecular weight is 265 g/mol. The average Bonchev–Trinajstić information content (AvgIpc) is 2.40. The molecule has 1 N–H and O–H groups in total. The van der Waals surface area contributed by atoms with Crippen LogP contribution in [0.3, 0.4) is 0 Å². The van der Waals surface area contributed by atoms with Crippen LogP contribution in [0.5, 0.6) is 0 Å². The Morgan fingerprint density at radius 2 is 2.11 bits per heavy atom. The lowest BCUT2D eigenvalue weighted by molar-refractivity contribution is 0.191. The summed E-state index contributed by atoms with van der Waals surface area (Å²) in [5.74, 6) is 0.881. The zero-order valence-electron chi connectivity index (χ0n) is 10.8. The summed E-state index contributed by atoms with van der Waals surface area (Å²) in [6.45, 7) is 5.90. The van der Waals surface area contributed by atoms with Crippen LogP contribution in [0.25, 0.3) is 0 Å². The van der Waals surface area contributed by atoms with Gasteiger partial charge in [-0.05, 0) is 55.5 Å². The van der Waals surface area contributed by atoms with Gasteiger partial charge >= 0.3 is 0 Å². The van der Waals surface area contributed by atoms with Crippen molar-refractivity contribution in [1.29, 1.82) is 0 Å². The van der Waals surface area contributed by atoms with Crippen LogP contribution in [0.1, 0.15) is 24.0 Å². The smallest absolute Gasteiger partial charge is 0.0441 e. The first-order valence-electron chi connectivity index (χ1n) is 7.02. The van der Waals surface area contributed by atoms with Gasteiger partial charge < -0.3 is 5.32 Å². The van der Waals surface area contributed by atoms with Crippen LogP contribution >= 0.6 is 11.6 Å². The second kappa shape index (κ2) is 5.60. The predicted octanol–water partition coefficient (Wildman–Crippen LogP) is 2.70. The highest BCUT2D eigenvalue weighted by Crippen LogP contribution is 2.27. The molecule has 0 radical (unpaired) electrons. The van der Waals surface area contributed by atoms with Gasteiger partial charge in [-0.25, -0.2) is 0 Å². The molecule has 3 heteroatoms. The second-order valence-corrected chi connectivity index (χ2v) is 5.96. The van der Waals surface area contributed by atoms with E-state index in [1.54, 1.807) is 0 Å². The molecule has 1 aromatic carbocycles. The Kier molecular flexibility index (Phi) is 3.88. The lowest BCUT2D eigenvalue weighted by atomic mass is 9.94. The van der Waals surface area contributed by atoms with Crippen molar-refractivity contribution >= 4 is 11.6 Å². The van der Waals surface area contributed by atoms with Gasteiger partial charge in [0.25, 0.3) is 0 Å². The van der Waals surface area contributed by atoms with E-state index in [1.165, 1.54) is 50.1 Å². The quantitative estimate of drug-likeness (QED) is 0.884. The number of rotatable bonds is 2. The van der Waals surface area contributed by atoms with Gasteiger partial charge in [-0.3, -0.25) is 4.90 Å². The van der Waals surface area contributed by atoms with Crippen LogP contribution < -0.4 is 5.32 Å². The number of halogens is 1. The molecule has 0 saturated carbocycles. The molecule has 98 valence electrons. The number of hydrogen-bond acceptors (Lipinski definition) is 2. The number of benzene rings is 1. The van der Waals surface area contributed by atoms with Crippen LogP contribution in [0, 0.1) is 5.92 Å². The second-order valence-electron chi connectivity index (χ2n) is 5.56. The molecule has 0 atom stereocenters. The third-order valence-electron chi connectivity index (χ3n) is 4.26. The molecule has 3 rings (SSSR count). The Morgan fingerprint density at radius 3 is 2.94 bits per heavy atom. The van der Waals surface area contributed by atoms with Crippen molar-refractivity contribution in [2.24, 2.45) is 5.92 Å². The van der Waals surface area contributed by atoms with Crippen molar-refractivity contribution in [3.8, 4) is 0 Å². The fourth-order valence-electron chi connectivity index (χ4n) is 3.21. The highest BCUT2D eigenvalue weighted by Gasteiger charge is 2.21. The number of fused-ring (bicyclic) bond motifs is 1. The molecular formula is C15H21ClN2. The number of nitrogens with zero attached hydrogens (tertiary/aromatic N) is 1. The predicted molar refractivity (Wildman–Crippen MR) is 76.0 cm³/mol. The minimum Gasteiger partial charge on any atom is -0.317 e. The summed E-state index contributed by atoms with van der Waals surface area (Å²) in [6, 6.07) is 6.33. The Labute approximate surface area is 114 Å². The van der Waals surface area contributed by atoms with Crippen LogP contribution in [0.15, 0.2) is 18.2 Å². The first-order chi connectivity index (χ1) is 8.83. The molecule has 0 amide bonds. The molecule has 0 bridgehead atoms. The molecule has 2 nitrogen and oxygen atoms in total. The number of nitrogens with one attached hydrogen (secondary N) is 1. The van der Waals surface area contributed by atoms with Crippen molar-refractivity contribution in [3.63, 3.8) is 0 Å². The third-order valence-corrected chi connectivity index (χ3v) is 4.62. The zero-order chi connectivity index (χ0) is 12.4. The van der Waals surface area contributed by atoms with E-state index in [4.69, 9.17) is 11.6 Å². The van der Waals surface area contributed by atoms with Gasteiger partial charge in [-0.2, -0.15) is 0 Å². The molecule has 0 aliphatic carbocycles. The van der Waals surface area contributed by atoms with E-state index < -0.39 is 0 Å². The van der Waals surface area contributed by atoms with Gasteiger partial charge in [-0.1, -0.05) is 23.7 Å². The molecule has 2 aliphatic rings. The Hall–Kier alpha value is -0.570. The monoisotopic (exact) mass is 264 g/mol. The summed E-state index contributed by atoms with van der Waals surface area (Å²) in [5, 5.41) is 4.39. The molecule has 2 aliphatic heterocycles. The van der Waals surface area contributed by atoms with Crippen molar-refractivity contribution in [2.75, 3.05) is 26.2 Å². The molecule has 1 fully saturated rings. The minimum atomic E-state index is 0.881. The fourth-order valence-corrected chi connectivity index (χ4v) is 3.50. The Morgan fingerprint density at radius 1 is 1.28 bits per heavy atom. The van der Waals surface area contributed by atoms with Crippen LogP contribution in [0.2, 0.25) is 5.02 Å². The SMILES string of the molecule is Clc1cccc2c1CCN(CC1CCNCC1)C2. The first kappa shape index (κ1) is 12.5. The summed E-state index contributed by atoms with van der Waals surface area (Å²) in [7, 11) is 0. The van der Waals surface area contributed by atoms with E-state index in [0.29, 0.717) is 0 Å². The highest BCUT2D eigenvalue weighted by molar-refractivity contribution is 6.31. The zero-order valence-corrected chi connectivity index (χ0v) is 11.5. The normalized spacial score (nSPS) is 21.8. The van der Waals surface area contributed by atoms with E-state index in [0.717, 1.165) is 23.9 Å². The van der Waals surface area contributed by atoms with Gasteiger partial charge in [-0.15, -0.1) is 0 Å². The molecule has 2 heterocycles. The Balaban J connectivity index is 1.64. The largest absolute Gasteiger partial charge is 0.317 e. The van der Waals surface area contributed by atoms with Crippen molar-refractivity contribution in [2.45, 2.75) is 25.8 Å². The van der Waals surface area contributed by atoms with E-state index in [-0.39, 0.29) is 0 Å². The fraction of sp³-hybridized carbons (Fsp3) is 0.600. The molecular weight excluding hydrogens is 244 g/mol. The van der Waals surface area contributed by atoms with E-state index in [1.807, 2.05) is 6.07 Å². The summed E-state index contributed by atoms with van der Waals surface area (Å²) >= 11 is 6.25. The van der Waals surface area contributed by atoms with Gasteiger partial charge in [0, 0.05) is 24.7 Å². The van der Waals surface area contributed by atoms with Gasteiger partial charge in [0.2, 0.25) is 0 Å². The van der Waals surface area contributed by atoms with Crippen LogP contribution in [0.4, 0.5) is 0 Å². The number of hydrogen-bond donors (Lipinski definition) is 1. The molecule has 0 unspecified atom stereocenters. The topological polar surface area (TPSA) is 15.3 Å².